The van der Waals surface area contributed by atoms with Gasteiger partial charge in [0.1, 0.15) is 12.2 Å². The summed E-state index contributed by atoms with van der Waals surface area (Å²) in [5, 5.41) is 14.2. The highest BCUT2D eigenvalue weighted by Gasteiger charge is 2.24. The lowest BCUT2D eigenvalue weighted by atomic mass is 9.92. The molecule has 0 saturated heterocycles. The number of ether oxygens (including phenoxy) is 1. The van der Waals surface area contributed by atoms with Gasteiger partial charge in [-0.2, -0.15) is 10.4 Å². The van der Waals surface area contributed by atoms with Crippen LogP contribution in [0.3, 0.4) is 0 Å². The van der Waals surface area contributed by atoms with E-state index in [0.717, 1.165) is 44.8 Å². The Morgan fingerprint density at radius 2 is 2.06 bits per heavy atom. The Labute approximate surface area is 186 Å². The first kappa shape index (κ1) is 19.8. The maximum atomic E-state index is 9.76. The summed E-state index contributed by atoms with van der Waals surface area (Å²) in [6, 6.07) is 14.4. The molecule has 0 saturated carbocycles. The van der Waals surface area contributed by atoms with Gasteiger partial charge in [0.15, 0.2) is 17.3 Å². The second-order valence-corrected chi connectivity index (χ2v) is 8.05. The lowest BCUT2D eigenvalue weighted by Gasteiger charge is -2.22. The van der Waals surface area contributed by atoms with Gasteiger partial charge in [0.25, 0.3) is 0 Å². The van der Waals surface area contributed by atoms with Gasteiger partial charge >= 0.3 is 0 Å². The number of pyridine rings is 2. The number of aryl methyl sites for hydroxylation is 2. The first-order valence-corrected chi connectivity index (χ1v) is 10.4. The predicted molar refractivity (Wildman–Crippen MR) is 122 cm³/mol. The zero-order chi connectivity index (χ0) is 22.4. The number of hydrogen-bond donors (Lipinski definition) is 1. The van der Waals surface area contributed by atoms with Gasteiger partial charge in [0.2, 0.25) is 0 Å². The fourth-order valence-corrected chi connectivity index (χ4v) is 4.32. The molecule has 4 heterocycles. The van der Waals surface area contributed by atoms with Crippen LogP contribution in [-0.4, -0.2) is 19.7 Å². The maximum Gasteiger partial charge on any atom is 0.170 e. The minimum Gasteiger partial charge on any atom is -0.482 e. The molecule has 1 atom stereocenters. The Balaban J connectivity index is 1.85. The third kappa shape index (κ3) is 3.17. The summed E-state index contributed by atoms with van der Waals surface area (Å²) in [5.41, 5.74) is 14.0. The van der Waals surface area contributed by atoms with Crippen LogP contribution >= 0.6 is 0 Å². The molecule has 1 aromatic carbocycles. The summed E-state index contributed by atoms with van der Waals surface area (Å²) in [6.07, 6.45) is 3.74. The van der Waals surface area contributed by atoms with E-state index < -0.39 is 0 Å². The van der Waals surface area contributed by atoms with Crippen LogP contribution in [0.2, 0.25) is 0 Å². The van der Waals surface area contributed by atoms with Crippen LogP contribution in [0.4, 0.5) is 5.82 Å². The van der Waals surface area contributed by atoms with Crippen molar-refractivity contribution >= 4 is 5.82 Å². The Morgan fingerprint density at radius 3 is 2.88 bits per heavy atom. The second-order valence-electron chi connectivity index (χ2n) is 8.05. The summed E-state index contributed by atoms with van der Waals surface area (Å²) in [5.74, 6) is 0.775. The first-order valence-electron chi connectivity index (χ1n) is 10.4. The molecule has 32 heavy (non-hydrogen) atoms. The van der Waals surface area contributed by atoms with Gasteiger partial charge in [0.05, 0.1) is 11.4 Å². The highest BCUT2D eigenvalue weighted by atomic mass is 16.5. The van der Waals surface area contributed by atoms with E-state index in [1.54, 1.807) is 17.1 Å². The molecular weight excluding hydrogens is 400 g/mol. The third-order valence-electron chi connectivity index (χ3n) is 5.90. The molecule has 158 valence electrons. The van der Waals surface area contributed by atoms with Crippen molar-refractivity contribution in [3.05, 3.63) is 76.9 Å². The van der Waals surface area contributed by atoms with Crippen molar-refractivity contribution in [2.75, 3.05) is 5.73 Å². The van der Waals surface area contributed by atoms with E-state index in [2.05, 4.69) is 47.3 Å². The van der Waals surface area contributed by atoms with E-state index in [4.69, 9.17) is 15.5 Å². The number of anilines is 1. The maximum absolute atomic E-state index is 9.76. The minimum absolute atomic E-state index is 0.290. The first-order chi connectivity index (χ1) is 15.5. The summed E-state index contributed by atoms with van der Waals surface area (Å²) >= 11 is 0. The molecule has 0 aliphatic carbocycles. The number of benzene rings is 1. The average molecular weight is 422 g/mol. The van der Waals surface area contributed by atoms with Gasteiger partial charge in [-0.25, -0.2) is 4.98 Å². The smallest absolute Gasteiger partial charge is 0.170 e. The van der Waals surface area contributed by atoms with Crippen LogP contribution in [0.15, 0.2) is 48.8 Å². The number of fused-ring (bicyclic) bond motifs is 7. The number of hydrogen-bond acceptors (Lipinski definition) is 6. The molecule has 0 radical (unpaired) electrons. The van der Waals surface area contributed by atoms with Crippen LogP contribution in [0.1, 0.15) is 41.1 Å². The van der Waals surface area contributed by atoms with Crippen LogP contribution in [0, 0.1) is 18.3 Å². The largest absolute Gasteiger partial charge is 0.482 e. The molecule has 0 fully saturated rings. The van der Waals surface area contributed by atoms with Crippen LogP contribution in [0.5, 0.6) is 5.75 Å². The molecule has 7 heteroatoms. The topological polar surface area (TPSA) is 103 Å². The molecule has 5 rings (SSSR count). The summed E-state index contributed by atoms with van der Waals surface area (Å²) in [7, 11) is 1.85. The zero-order valence-electron chi connectivity index (χ0n) is 18.1. The van der Waals surface area contributed by atoms with Crippen molar-refractivity contribution in [2.45, 2.75) is 26.4 Å². The molecule has 7 nitrogen and oxygen atoms in total. The van der Waals surface area contributed by atoms with Gasteiger partial charge < -0.3 is 10.5 Å². The number of rotatable bonds is 0. The number of nitrogens with two attached hydrogens (primary N) is 1. The minimum atomic E-state index is -0.290. The zero-order valence-corrected chi connectivity index (χ0v) is 18.1. The quantitative estimate of drug-likeness (QED) is 0.452. The lowest BCUT2D eigenvalue weighted by molar-refractivity contribution is 0.228. The monoisotopic (exact) mass is 422 g/mol. The van der Waals surface area contributed by atoms with Crippen molar-refractivity contribution < 1.29 is 4.74 Å². The van der Waals surface area contributed by atoms with Crippen LogP contribution < -0.4 is 10.5 Å². The molecule has 2 N–H and O–H groups in total. The van der Waals surface area contributed by atoms with E-state index in [9.17, 15) is 5.26 Å². The van der Waals surface area contributed by atoms with E-state index in [1.165, 1.54) is 0 Å². The Hall–Kier alpha value is -4.18. The average Bonchev–Trinajstić information content (AvgIpc) is 3.10. The van der Waals surface area contributed by atoms with Gasteiger partial charge in [0, 0.05) is 48.1 Å². The number of aromatic nitrogens is 4. The van der Waals surface area contributed by atoms with E-state index in [1.807, 2.05) is 26.1 Å². The standard InChI is InChI=1S/C25H22N6O/c1-14-6-7-18-19(9-14)15(2)32-22-11-17(13-29-25(22)27)23-20(12-26)30-31(3)21(23)10-16-5-4-8-28-24(16)18/h4-9,11,13,15H,10H2,1-3H3,(H2,27,29). The second kappa shape index (κ2) is 7.50. The molecule has 4 aromatic rings. The number of nitriles is 1. The van der Waals surface area contributed by atoms with Gasteiger partial charge in [-0.1, -0.05) is 29.8 Å². The number of nitrogens with zero attached hydrogens (tertiary/aromatic N) is 5. The number of nitrogen functional groups attached to an aromatic ring is 1. The van der Waals surface area contributed by atoms with E-state index in [-0.39, 0.29) is 6.10 Å². The molecule has 0 spiro atoms. The fraction of sp³-hybridized carbons (Fsp3) is 0.200. The summed E-state index contributed by atoms with van der Waals surface area (Å²) in [6.45, 7) is 4.05. The highest BCUT2D eigenvalue weighted by Crippen LogP contribution is 2.39. The summed E-state index contributed by atoms with van der Waals surface area (Å²) < 4.78 is 8.08. The molecule has 3 aromatic heterocycles. The molecule has 0 amide bonds. The van der Waals surface area contributed by atoms with Crippen molar-refractivity contribution in [1.29, 1.82) is 5.26 Å². The van der Waals surface area contributed by atoms with Gasteiger partial charge in [-0.15, -0.1) is 0 Å². The Morgan fingerprint density at radius 1 is 1.22 bits per heavy atom. The molecule has 1 unspecified atom stereocenters. The van der Waals surface area contributed by atoms with Crippen molar-refractivity contribution in [2.24, 2.45) is 7.05 Å². The molecule has 2 bridgehead atoms. The van der Waals surface area contributed by atoms with Crippen molar-refractivity contribution in [3.63, 3.8) is 0 Å². The lowest BCUT2D eigenvalue weighted by Crippen LogP contribution is -2.10. The van der Waals surface area contributed by atoms with Gasteiger partial charge in [-0.3, -0.25) is 9.67 Å². The molecular formula is C25H22N6O. The van der Waals surface area contributed by atoms with E-state index in [0.29, 0.717) is 23.7 Å². The Bertz CT molecular complexity index is 1400. The molecule has 1 aliphatic heterocycles. The van der Waals surface area contributed by atoms with Crippen molar-refractivity contribution in [1.82, 2.24) is 19.7 Å². The predicted octanol–water partition coefficient (Wildman–Crippen LogP) is 4.35. The SMILES string of the molecule is Cc1ccc2c(c1)C(C)Oc1cc(cnc1N)-c1c(C#N)nn(C)c1Cc1cccnc1-2. The fourth-order valence-electron chi connectivity index (χ4n) is 4.32. The van der Waals surface area contributed by atoms with Gasteiger partial charge in [-0.05, 0) is 31.5 Å². The van der Waals surface area contributed by atoms with Crippen molar-refractivity contribution in [3.8, 4) is 34.2 Å². The Kier molecular flexibility index (Phi) is 4.63. The normalized spacial score (nSPS) is 14.6. The van der Waals surface area contributed by atoms with Crippen LogP contribution in [0.25, 0.3) is 22.4 Å². The molecule has 1 aliphatic rings. The van der Waals surface area contributed by atoms with E-state index >= 15 is 0 Å². The third-order valence-corrected chi connectivity index (χ3v) is 5.90. The van der Waals surface area contributed by atoms with Crippen LogP contribution in [-0.2, 0) is 13.5 Å². The summed E-state index contributed by atoms with van der Waals surface area (Å²) in [4.78, 5) is 9.10. The highest BCUT2D eigenvalue weighted by molar-refractivity contribution is 5.75.